The van der Waals surface area contributed by atoms with Gasteiger partial charge in [0.25, 0.3) is 5.91 Å². The molecule has 4 rings (SSSR count). The number of piperidine rings is 1. The second-order valence-corrected chi connectivity index (χ2v) is 8.31. The molecule has 3 unspecified atom stereocenters. The van der Waals surface area contributed by atoms with Crippen LogP contribution in [0.5, 0.6) is 5.75 Å². The number of anilines is 1. The molecule has 5 nitrogen and oxygen atoms in total. The highest BCUT2D eigenvalue weighted by molar-refractivity contribution is 6.33. The number of halogens is 2. The fourth-order valence-corrected chi connectivity index (χ4v) is 4.72. The number of hydrogen-bond acceptors (Lipinski definition) is 4. The Morgan fingerprint density at radius 2 is 2.03 bits per heavy atom. The largest absolute Gasteiger partial charge is 0.496 e. The van der Waals surface area contributed by atoms with E-state index in [1.54, 1.807) is 12.1 Å². The Kier molecular flexibility index (Phi) is 5.65. The molecule has 2 aromatic rings. The summed E-state index contributed by atoms with van der Waals surface area (Å²) in [4.78, 5) is 15.3. The molecule has 2 fully saturated rings. The van der Waals surface area contributed by atoms with Crippen molar-refractivity contribution in [3.63, 3.8) is 0 Å². The normalized spacial score (nSPS) is 24.2. The summed E-state index contributed by atoms with van der Waals surface area (Å²) < 4.78 is 18.5. The quantitative estimate of drug-likeness (QED) is 0.742. The van der Waals surface area contributed by atoms with E-state index in [-0.39, 0.29) is 17.8 Å². The monoisotopic (exact) mass is 417 g/mol. The standard InChI is InChI=1S/C22H25ClFN3O2/c1-29-21-11-20(25)19(23)10-18(21)22(28)26-16-6-7-27-12-14(8-17(27)9-16)13-2-4-15(24)5-3-13/h2-5,10-11,14,16-17H,6-9,12,25H2,1H3,(H,26,28). The molecule has 2 saturated heterocycles. The average molecular weight is 418 g/mol. The first-order valence-electron chi connectivity index (χ1n) is 9.88. The third-order valence-electron chi connectivity index (χ3n) is 6.09. The average Bonchev–Trinajstić information content (AvgIpc) is 3.13. The highest BCUT2D eigenvalue weighted by Crippen LogP contribution is 2.37. The smallest absolute Gasteiger partial charge is 0.255 e. The van der Waals surface area contributed by atoms with Crippen molar-refractivity contribution >= 4 is 23.2 Å². The SMILES string of the molecule is COc1cc(N)c(Cl)cc1C(=O)NC1CCN2CC(c3ccc(F)cc3)CC2C1. The number of nitrogens with one attached hydrogen (secondary N) is 1. The minimum atomic E-state index is -0.203. The molecule has 0 spiro atoms. The van der Waals surface area contributed by atoms with Gasteiger partial charge in [-0.1, -0.05) is 23.7 Å². The van der Waals surface area contributed by atoms with E-state index >= 15 is 0 Å². The molecule has 0 bridgehead atoms. The summed E-state index contributed by atoms with van der Waals surface area (Å²) in [5, 5.41) is 3.47. The van der Waals surface area contributed by atoms with Crippen LogP contribution >= 0.6 is 11.6 Å². The van der Waals surface area contributed by atoms with Crippen molar-refractivity contribution in [1.82, 2.24) is 10.2 Å². The highest BCUT2D eigenvalue weighted by atomic mass is 35.5. The molecule has 29 heavy (non-hydrogen) atoms. The van der Waals surface area contributed by atoms with Crippen LogP contribution in [0.4, 0.5) is 10.1 Å². The maximum atomic E-state index is 13.2. The predicted molar refractivity (Wildman–Crippen MR) is 112 cm³/mol. The number of rotatable bonds is 4. The van der Waals surface area contributed by atoms with E-state index in [2.05, 4.69) is 10.2 Å². The molecular weight excluding hydrogens is 393 g/mol. The Balaban J connectivity index is 1.41. The molecular formula is C22H25ClFN3O2. The lowest BCUT2D eigenvalue weighted by atomic mass is 9.92. The molecule has 2 aliphatic heterocycles. The number of amides is 1. The van der Waals surface area contributed by atoms with Crippen molar-refractivity contribution in [2.75, 3.05) is 25.9 Å². The van der Waals surface area contributed by atoms with Gasteiger partial charge in [-0.25, -0.2) is 4.39 Å². The number of ether oxygens (including phenoxy) is 1. The highest BCUT2D eigenvalue weighted by Gasteiger charge is 2.37. The molecule has 2 aliphatic rings. The molecule has 0 aromatic heterocycles. The topological polar surface area (TPSA) is 67.6 Å². The number of carbonyl (C=O) groups excluding carboxylic acids is 1. The van der Waals surface area contributed by atoms with E-state index in [0.29, 0.717) is 34.0 Å². The van der Waals surface area contributed by atoms with Crippen LogP contribution in [0.25, 0.3) is 0 Å². The lowest BCUT2D eigenvalue weighted by Gasteiger charge is -2.35. The first kappa shape index (κ1) is 20.0. The molecule has 2 aromatic carbocycles. The number of carbonyl (C=O) groups is 1. The van der Waals surface area contributed by atoms with Gasteiger partial charge in [0.2, 0.25) is 0 Å². The Morgan fingerprint density at radius 3 is 2.76 bits per heavy atom. The van der Waals surface area contributed by atoms with Gasteiger partial charge in [0, 0.05) is 31.2 Å². The third kappa shape index (κ3) is 4.19. The van der Waals surface area contributed by atoms with Crippen LogP contribution in [0.3, 0.4) is 0 Å². The summed E-state index contributed by atoms with van der Waals surface area (Å²) in [6, 6.07) is 10.5. The lowest BCUT2D eigenvalue weighted by Crippen LogP contribution is -2.47. The van der Waals surface area contributed by atoms with Crippen molar-refractivity contribution in [3.05, 3.63) is 58.4 Å². The zero-order chi connectivity index (χ0) is 20.5. The van der Waals surface area contributed by atoms with Gasteiger partial charge < -0.3 is 15.8 Å². The lowest BCUT2D eigenvalue weighted by molar-refractivity contribution is 0.0893. The van der Waals surface area contributed by atoms with Crippen molar-refractivity contribution in [2.45, 2.75) is 37.3 Å². The number of nitrogens with zero attached hydrogens (tertiary/aromatic N) is 1. The molecule has 154 valence electrons. The second-order valence-electron chi connectivity index (χ2n) is 7.90. The van der Waals surface area contributed by atoms with Crippen LogP contribution in [0.2, 0.25) is 5.02 Å². The Bertz CT molecular complexity index is 906. The van der Waals surface area contributed by atoms with E-state index in [1.807, 2.05) is 12.1 Å². The van der Waals surface area contributed by atoms with E-state index in [0.717, 1.165) is 32.4 Å². The van der Waals surface area contributed by atoms with Gasteiger partial charge in [0.05, 0.1) is 23.4 Å². The number of nitrogens with two attached hydrogens (primary N) is 1. The van der Waals surface area contributed by atoms with Crippen LogP contribution in [0.15, 0.2) is 36.4 Å². The summed E-state index contributed by atoms with van der Waals surface area (Å²) in [6.45, 7) is 1.92. The summed E-state index contributed by atoms with van der Waals surface area (Å²) >= 11 is 6.10. The van der Waals surface area contributed by atoms with E-state index in [9.17, 15) is 9.18 Å². The van der Waals surface area contributed by atoms with Crippen molar-refractivity contribution in [2.24, 2.45) is 0 Å². The van der Waals surface area contributed by atoms with Crippen LogP contribution < -0.4 is 15.8 Å². The first-order valence-corrected chi connectivity index (χ1v) is 10.3. The van der Waals surface area contributed by atoms with Gasteiger partial charge in [-0.3, -0.25) is 9.69 Å². The summed E-state index contributed by atoms with van der Waals surface area (Å²) in [5.74, 6) is 0.422. The fourth-order valence-electron chi connectivity index (χ4n) is 4.56. The van der Waals surface area contributed by atoms with Gasteiger partial charge in [0.1, 0.15) is 11.6 Å². The molecule has 3 atom stereocenters. The fraction of sp³-hybridized carbons (Fsp3) is 0.409. The molecule has 1 amide bonds. The molecule has 0 radical (unpaired) electrons. The molecule has 0 aliphatic carbocycles. The minimum absolute atomic E-state index is 0.0942. The first-order chi connectivity index (χ1) is 13.9. The van der Waals surface area contributed by atoms with Crippen LogP contribution in [-0.2, 0) is 0 Å². The Morgan fingerprint density at radius 1 is 1.28 bits per heavy atom. The molecule has 7 heteroatoms. The number of hydrogen-bond donors (Lipinski definition) is 2. The van der Waals surface area contributed by atoms with Crippen molar-refractivity contribution < 1.29 is 13.9 Å². The van der Waals surface area contributed by atoms with E-state index in [1.165, 1.54) is 24.8 Å². The molecule has 2 heterocycles. The third-order valence-corrected chi connectivity index (χ3v) is 6.42. The zero-order valence-corrected chi connectivity index (χ0v) is 17.1. The van der Waals surface area contributed by atoms with Crippen LogP contribution in [-0.4, -0.2) is 43.1 Å². The number of methoxy groups -OCH3 is 1. The molecule has 3 N–H and O–H groups in total. The Hall–Kier alpha value is -2.31. The van der Waals surface area contributed by atoms with Crippen LogP contribution in [0, 0.1) is 5.82 Å². The second kappa shape index (κ2) is 8.20. The Labute approximate surface area is 175 Å². The van der Waals surface area contributed by atoms with E-state index < -0.39 is 0 Å². The summed E-state index contributed by atoms with van der Waals surface area (Å²) in [6.07, 6.45) is 2.81. The van der Waals surface area contributed by atoms with Gasteiger partial charge in [0.15, 0.2) is 0 Å². The number of benzene rings is 2. The van der Waals surface area contributed by atoms with Crippen LogP contribution in [0.1, 0.15) is 41.1 Å². The summed E-state index contributed by atoms with van der Waals surface area (Å²) in [5.41, 5.74) is 7.76. The van der Waals surface area contributed by atoms with Gasteiger partial charge in [-0.05, 0) is 48.9 Å². The maximum Gasteiger partial charge on any atom is 0.255 e. The predicted octanol–water partition coefficient (Wildman–Crippen LogP) is 3.82. The zero-order valence-electron chi connectivity index (χ0n) is 16.3. The maximum absolute atomic E-state index is 13.2. The number of nitrogen functional groups attached to an aromatic ring is 1. The van der Waals surface area contributed by atoms with Gasteiger partial charge in [-0.15, -0.1) is 0 Å². The van der Waals surface area contributed by atoms with Gasteiger partial charge in [-0.2, -0.15) is 0 Å². The van der Waals surface area contributed by atoms with Gasteiger partial charge >= 0.3 is 0 Å². The minimum Gasteiger partial charge on any atom is -0.496 e. The van der Waals surface area contributed by atoms with E-state index in [4.69, 9.17) is 22.1 Å². The van der Waals surface area contributed by atoms with Crippen molar-refractivity contribution in [3.8, 4) is 5.75 Å². The summed E-state index contributed by atoms with van der Waals surface area (Å²) in [7, 11) is 1.51. The molecule has 0 saturated carbocycles. The van der Waals surface area contributed by atoms with Crippen molar-refractivity contribution in [1.29, 1.82) is 0 Å². The number of fused-ring (bicyclic) bond motifs is 1.